The van der Waals surface area contributed by atoms with Crippen LogP contribution in [0.25, 0.3) is 10.9 Å². The number of ether oxygens (including phenoxy) is 4. The molecule has 0 saturated carbocycles. The Balaban J connectivity index is 2.30. The van der Waals surface area contributed by atoms with Crippen LogP contribution in [0.2, 0.25) is 0 Å². The number of benzene rings is 1. The zero-order chi connectivity index (χ0) is 15.2. The van der Waals surface area contributed by atoms with E-state index < -0.39 is 12.3 Å². The van der Waals surface area contributed by atoms with Crippen molar-refractivity contribution in [1.29, 1.82) is 0 Å². The van der Waals surface area contributed by atoms with Crippen molar-refractivity contribution in [2.45, 2.75) is 13.8 Å². The van der Waals surface area contributed by atoms with E-state index in [0.717, 1.165) is 10.9 Å². The molecule has 0 aliphatic carbocycles. The summed E-state index contributed by atoms with van der Waals surface area (Å²) in [4.78, 5) is 25.8. The van der Waals surface area contributed by atoms with Crippen molar-refractivity contribution >= 4 is 23.2 Å². The molecule has 0 atom stereocenters. The third-order valence-electron chi connectivity index (χ3n) is 2.53. The second-order valence-electron chi connectivity index (χ2n) is 3.93. The van der Waals surface area contributed by atoms with Crippen LogP contribution in [-0.2, 0) is 9.47 Å². The van der Waals surface area contributed by atoms with Gasteiger partial charge in [-0.05, 0) is 26.0 Å². The van der Waals surface area contributed by atoms with E-state index in [1.807, 2.05) is 0 Å². The van der Waals surface area contributed by atoms with Gasteiger partial charge in [-0.2, -0.15) is 0 Å². The highest BCUT2D eigenvalue weighted by Crippen LogP contribution is 2.32. The van der Waals surface area contributed by atoms with Gasteiger partial charge in [-0.25, -0.2) is 9.59 Å². The fourth-order valence-corrected chi connectivity index (χ4v) is 1.69. The molecule has 0 aliphatic rings. The maximum Gasteiger partial charge on any atom is 0.513 e. The average Bonchev–Trinajstić information content (AvgIpc) is 2.86. The van der Waals surface area contributed by atoms with E-state index >= 15 is 0 Å². The molecule has 0 spiro atoms. The number of hydrogen-bond donors (Lipinski definition) is 1. The summed E-state index contributed by atoms with van der Waals surface area (Å²) in [5.74, 6) is 0.144. The highest BCUT2D eigenvalue weighted by atomic mass is 16.7. The van der Waals surface area contributed by atoms with Crippen molar-refractivity contribution in [1.82, 2.24) is 4.98 Å². The van der Waals surface area contributed by atoms with Crippen molar-refractivity contribution in [3.63, 3.8) is 0 Å². The predicted octanol–water partition coefficient (Wildman–Crippen LogP) is 3.24. The summed E-state index contributed by atoms with van der Waals surface area (Å²) in [7, 11) is 0. The van der Waals surface area contributed by atoms with Crippen molar-refractivity contribution in [3.8, 4) is 11.5 Å². The molecule has 7 heteroatoms. The average molecular weight is 293 g/mol. The number of carbonyl (C=O) groups is 2. The summed E-state index contributed by atoms with van der Waals surface area (Å²) < 4.78 is 19.5. The molecule has 112 valence electrons. The van der Waals surface area contributed by atoms with Gasteiger partial charge >= 0.3 is 12.3 Å². The lowest BCUT2D eigenvalue weighted by Crippen LogP contribution is -2.14. The SMILES string of the molecule is CCOC(=O)Oc1cc2cc[nH]c2cc1OC(=O)OCC. The van der Waals surface area contributed by atoms with Crippen LogP contribution in [0.5, 0.6) is 11.5 Å². The van der Waals surface area contributed by atoms with E-state index in [-0.39, 0.29) is 24.7 Å². The second-order valence-corrected chi connectivity index (χ2v) is 3.93. The summed E-state index contributed by atoms with van der Waals surface area (Å²) in [6, 6.07) is 4.90. The van der Waals surface area contributed by atoms with Crippen LogP contribution in [0, 0.1) is 0 Å². The maximum absolute atomic E-state index is 11.4. The molecule has 1 aromatic carbocycles. The summed E-state index contributed by atoms with van der Waals surface area (Å²) in [5, 5.41) is 0.797. The molecule has 2 rings (SSSR count). The van der Waals surface area contributed by atoms with Gasteiger partial charge in [0.1, 0.15) is 0 Å². The molecule has 1 N–H and O–H groups in total. The molecule has 0 saturated heterocycles. The molecule has 2 aromatic rings. The van der Waals surface area contributed by atoms with Gasteiger partial charge in [-0.1, -0.05) is 0 Å². The standard InChI is InChI=1S/C14H15NO6/c1-3-18-13(16)20-11-7-9-5-6-15-10(9)8-12(11)21-14(17)19-4-2/h5-8,15H,3-4H2,1-2H3. The zero-order valence-electron chi connectivity index (χ0n) is 11.7. The predicted molar refractivity (Wildman–Crippen MR) is 73.6 cm³/mol. The number of carbonyl (C=O) groups excluding carboxylic acids is 2. The number of hydrogen-bond acceptors (Lipinski definition) is 6. The van der Waals surface area contributed by atoms with Gasteiger partial charge in [0.2, 0.25) is 0 Å². The van der Waals surface area contributed by atoms with Crippen molar-refractivity contribution in [3.05, 3.63) is 24.4 Å². The van der Waals surface area contributed by atoms with Gasteiger partial charge in [0.25, 0.3) is 0 Å². The summed E-state index contributed by atoms with van der Waals surface area (Å²) in [6.45, 7) is 3.68. The normalized spacial score (nSPS) is 10.2. The largest absolute Gasteiger partial charge is 0.513 e. The first-order valence-electron chi connectivity index (χ1n) is 6.44. The van der Waals surface area contributed by atoms with E-state index in [0.29, 0.717) is 0 Å². The zero-order valence-corrected chi connectivity index (χ0v) is 11.7. The lowest BCUT2D eigenvalue weighted by Gasteiger charge is -2.10. The van der Waals surface area contributed by atoms with E-state index in [1.54, 1.807) is 38.2 Å². The van der Waals surface area contributed by atoms with Crippen molar-refractivity contribution < 1.29 is 28.5 Å². The molecule has 0 radical (unpaired) electrons. The summed E-state index contributed by atoms with van der Waals surface area (Å²) in [5.41, 5.74) is 0.727. The topological polar surface area (TPSA) is 86.9 Å². The molecule has 7 nitrogen and oxygen atoms in total. The van der Waals surface area contributed by atoms with Crippen LogP contribution < -0.4 is 9.47 Å². The Morgan fingerprint density at radius 1 is 1.00 bits per heavy atom. The van der Waals surface area contributed by atoms with Crippen LogP contribution in [0.15, 0.2) is 24.4 Å². The monoisotopic (exact) mass is 293 g/mol. The van der Waals surface area contributed by atoms with Crippen molar-refractivity contribution in [2.24, 2.45) is 0 Å². The lowest BCUT2D eigenvalue weighted by molar-refractivity contribution is 0.0940. The minimum atomic E-state index is -0.878. The van der Waals surface area contributed by atoms with Gasteiger partial charge in [0.15, 0.2) is 11.5 Å². The number of rotatable bonds is 4. The highest BCUT2D eigenvalue weighted by Gasteiger charge is 2.16. The first-order chi connectivity index (χ1) is 10.1. The van der Waals surface area contributed by atoms with Crippen LogP contribution in [-0.4, -0.2) is 30.5 Å². The van der Waals surface area contributed by atoms with Crippen LogP contribution in [0.1, 0.15) is 13.8 Å². The molecule has 0 unspecified atom stereocenters. The van der Waals surface area contributed by atoms with Crippen LogP contribution in [0.4, 0.5) is 9.59 Å². The van der Waals surface area contributed by atoms with Gasteiger partial charge < -0.3 is 23.9 Å². The number of aromatic nitrogens is 1. The Morgan fingerprint density at radius 3 is 2.14 bits per heavy atom. The third kappa shape index (κ3) is 3.65. The van der Waals surface area contributed by atoms with Crippen LogP contribution in [0.3, 0.4) is 0 Å². The molecule has 0 amide bonds. The maximum atomic E-state index is 11.4. The van der Waals surface area contributed by atoms with E-state index in [2.05, 4.69) is 4.98 Å². The Hall–Kier alpha value is -2.70. The number of fused-ring (bicyclic) bond motifs is 1. The molecule has 1 heterocycles. The molecular weight excluding hydrogens is 278 g/mol. The minimum Gasteiger partial charge on any atom is -0.434 e. The second kappa shape index (κ2) is 6.65. The van der Waals surface area contributed by atoms with E-state index in [9.17, 15) is 9.59 Å². The third-order valence-corrected chi connectivity index (χ3v) is 2.53. The Kier molecular flexibility index (Phi) is 4.65. The lowest BCUT2D eigenvalue weighted by atomic mass is 10.2. The Bertz CT molecular complexity index is 594. The summed E-state index contributed by atoms with van der Waals surface area (Å²) >= 11 is 0. The molecule has 0 fully saturated rings. The molecule has 0 aliphatic heterocycles. The molecular formula is C14H15NO6. The first-order valence-corrected chi connectivity index (χ1v) is 6.44. The Labute approximate surface area is 120 Å². The molecule has 1 aromatic heterocycles. The number of H-pyrrole nitrogens is 1. The van der Waals surface area contributed by atoms with Gasteiger partial charge in [-0.3, -0.25) is 0 Å². The first kappa shape index (κ1) is 14.7. The van der Waals surface area contributed by atoms with Crippen molar-refractivity contribution in [2.75, 3.05) is 13.2 Å². The van der Waals surface area contributed by atoms with E-state index in [1.165, 1.54) is 0 Å². The van der Waals surface area contributed by atoms with Gasteiger partial charge in [0.05, 0.1) is 13.2 Å². The highest BCUT2D eigenvalue weighted by molar-refractivity contribution is 5.85. The van der Waals surface area contributed by atoms with E-state index in [4.69, 9.17) is 18.9 Å². The molecule has 21 heavy (non-hydrogen) atoms. The number of aromatic amines is 1. The van der Waals surface area contributed by atoms with Crippen LogP contribution >= 0.6 is 0 Å². The van der Waals surface area contributed by atoms with Gasteiger partial charge in [-0.15, -0.1) is 0 Å². The molecule has 0 bridgehead atoms. The fraction of sp³-hybridized carbons (Fsp3) is 0.286. The summed E-state index contributed by atoms with van der Waals surface area (Å²) in [6.07, 6.45) is -0.0364. The smallest absolute Gasteiger partial charge is 0.434 e. The minimum absolute atomic E-state index is 0.0662. The van der Waals surface area contributed by atoms with Gasteiger partial charge in [0, 0.05) is 23.2 Å². The number of nitrogens with one attached hydrogen (secondary N) is 1. The fourth-order valence-electron chi connectivity index (χ4n) is 1.69. The Morgan fingerprint density at radius 2 is 1.57 bits per heavy atom. The quantitative estimate of drug-likeness (QED) is 0.688.